The lowest BCUT2D eigenvalue weighted by atomic mass is 10.2. The van der Waals surface area contributed by atoms with Crippen molar-refractivity contribution in [1.29, 1.82) is 0 Å². The summed E-state index contributed by atoms with van der Waals surface area (Å²) in [6.07, 6.45) is 4.49. The van der Waals surface area contributed by atoms with Crippen molar-refractivity contribution >= 4 is 23.0 Å². The highest BCUT2D eigenvalue weighted by molar-refractivity contribution is 7.89. The van der Waals surface area contributed by atoms with Crippen LogP contribution in [-0.2, 0) is 11.4 Å². The summed E-state index contributed by atoms with van der Waals surface area (Å²) >= 11 is -1.24. The number of rotatable bonds is 4. The van der Waals surface area contributed by atoms with Gasteiger partial charge in [0, 0.05) is 30.4 Å². The monoisotopic (exact) mass is 358 g/mol. The van der Waals surface area contributed by atoms with Gasteiger partial charge in [0.05, 0.1) is 11.4 Å². The normalized spacial score (nSPS) is 16.8. The molecular weight excluding hydrogens is 336 g/mol. The Morgan fingerprint density at radius 2 is 1.72 bits per heavy atom. The first-order valence-corrected chi connectivity index (χ1v) is 9.61. The van der Waals surface area contributed by atoms with Crippen molar-refractivity contribution in [2.24, 2.45) is 0 Å². The highest BCUT2D eigenvalue weighted by Gasteiger charge is 2.24. The fourth-order valence-corrected chi connectivity index (χ4v) is 4.16. The molecular formula is C19H22N2O3S. The third kappa shape index (κ3) is 4.75. The lowest BCUT2D eigenvalue weighted by Crippen LogP contribution is -2.32. The summed E-state index contributed by atoms with van der Waals surface area (Å²) in [5.74, 6) is -0.117. The lowest BCUT2D eigenvalue weighted by molar-refractivity contribution is 0.102. The van der Waals surface area contributed by atoms with Gasteiger partial charge in [-0.05, 0) is 49.2 Å². The van der Waals surface area contributed by atoms with Gasteiger partial charge in [-0.15, -0.1) is 4.31 Å². The summed E-state index contributed by atoms with van der Waals surface area (Å²) in [5, 5.41) is 12.1. The van der Waals surface area contributed by atoms with Crippen LogP contribution in [0.1, 0.15) is 36.0 Å². The zero-order chi connectivity index (χ0) is 17.6. The number of carbonyl (C=O) groups is 1. The van der Waals surface area contributed by atoms with Crippen LogP contribution >= 0.6 is 0 Å². The van der Waals surface area contributed by atoms with Crippen LogP contribution in [0.4, 0.5) is 5.69 Å². The molecule has 1 atom stereocenters. The van der Waals surface area contributed by atoms with Crippen molar-refractivity contribution < 1.29 is 14.5 Å². The van der Waals surface area contributed by atoms with Gasteiger partial charge in [-0.3, -0.25) is 4.79 Å². The second-order valence-corrected chi connectivity index (χ2v) is 7.61. The van der Waals surface area contributed by atoms with Crippen LogP contribution in [0.25, 0.3) is 0 Å². The Morgan fingerprint density at radius 1 is 1.04 bits per heavy atom. The summed E-state index contributed by atoms with van der Waals surface area (Å²) in [7, 11) is 0. The zero-order valence-electron chi connectivity index (χ0n) is 14.0. The minimum absolute atomic E-state index is 0.146. The summed E-state index contributed by atoms with van der Waals surface area (Å²) in [4.78, 5) is 13.1. The third-order valence-corrected chi connectivity index (χ3v) is 5.71. The number of hydrogen-bond donors (Lipinski definition) is 2. The average molecular weight is 358 g/mol. The quantitative estimate of drug-likeness (QED) is 0.647. The molecule has 0 radical (unpaired) electrons. The van der Waals surface area contributed by atoms with Gasteiger partial charge in [0.15, 0.2) is 4.90 Å². The molecule has 1 heterocycles. The first-order valence-electron chi connectivity index (χ1n) is 8.51. The summed E-state index contributed by atoms with van der Waals surface area (Å²) in [6.45, 7) is 1.66. The molecule has 25 heavy (non-hydrogen) atoms. The van der Waals surface area contributed by atoms with Gasteiger partial charge in [-0.2, -0.15) is 0 Å². The number of phenolic OH excluding ortho intramolecular Hbond substituents is 1. The number of nitrogens with zero attached hydrogens (tertiary/aromatic N) is 1. The summed E-state index contributed by atoms with van der Waals surface area (Å²) < 4.78 is 14.8. The van der Waals surface area contributed by atoms with Crippen molar-refractivity contribution in [3.8, 4) is 5.75 Å². The molecule has 3 rings (SSSR count). The number of phenols is 1. The number of amides is 1. The highest BCUT2D eigenvalue weighted by Crippen LogP contribution is 2.22. The van der Waals surface area contributed by atoms with E-state index in [1.165, 1.54) is 25.0 Å². The molecule has 1 amide bonds. The van der Waals surface area contributed by atoms with Crippen molar-refractivity contribution in [3.63, 3.8) is 0 Å². The maximum absolute atomic E-state index is 12.8. The Balaban J connectivity index is 1.71. The summed E-state index contributed by atoms with van der Waals surface area (Å²) in [6, 6.07) is 13.3. The van der Waals surface area contributed by atoms with Crippen molar-refractivity contribution in [2.45, 2.75) is 30.6 Å². The van der Waals surface area contributed by atoms with Gasteiger partial charge < -0.3 is 15.0 Å². The Kier molecular flexibility index (Phi) is 5.96. The lowest BCUT2D eigenvalue weighted by Gasteiger charge is -2.22. The van der Waals surface area contributed by atoms with Gasteiger partial charge in [-0.25, -0.2) is 0 Å². The Hall–Kier alpha value is -2.02. The SMILES string of the molecule is O=C(Nc1ccc(O)cc1)c1cccc([S+]([O-])N2CCCCCC2)c1. The average Bonchev–Trinajstić information content (AvgIpc) is 2.92. The molecule has 0 aliphatic carbocycles. The Labute approximate surface area is 151 Å². The number of hydrogen-bond acceptors (Lipinski definition) is 4. The van der Waals surface area contributed by atoms with Crippen LogP contribution in [0.2, 0.25) is 0 Å². The zero-order valence-corrected chi connectivity index (χ0v) is 14.8. The maximum Gasteiger partial charge on any atom is 0.255 e. The van der Waals surface area contributed by atoms with Crippen LogP contribution in [0.15, 0.2) is 53.4 Å². The van der Waals surface area contributed by atoms with E-state index in [2.05, 4.69) is 5.32 Å². The van der Waals surface area contributed by atoms with Crippen molar-refractivity contribution in [3.05, 3.63) is 54.1 Å². The second-order valence-electron chi connectivity index (χ2n) is 6.12. The predicted octanol–water partition coefficient (Wildman–Crippen LogP) is 3.54. The highest BCUT2D eigenvalue weighted by atomic mass is 32.2. The first kappa shape index (κ1) is 17.8. The minimum Gasteiger partial charge on any atom is -0.593 e. The van der Waals surface area contributed by atoms with Gasteiger partial charge in [0.2, 0.25) is 0 Å². The molecule has 1 aliphatic rings. The molecule has 132 valence electrons. The Bertz CT molecular complexity index is 713. The van der Waals surface area contributed by atoms with E-state index in [9.17, 15) is 14.5 Å². The van der Waals surface area contributed by atoms with E-state index in [-0.39, 0.29) is 11.7 Å². The number of anilines is 1. The van der Waals surface area contributed by atoms with Crippen LogP contribution in [0, 0.1) is 0 Å². The largest absolute Gasteiger partial charge is 0.593 e. The molecule has 2 N–H and O–H groups in total. The molecule has 1 saturated heterocycles. The molecule has 1 fully saturated rings. The molecule has 0 bridgehead atoms. The van der Waals surface area contributed by atoms with Crippen LogP contribution < -0.4 is 5.32 Å². The molecule has 2 aromatic carbocycles. The second kappa shape index (κ2) is 8.38. The number of aromatic hydroxyl groups is 1. The molecule has 5 nitrogen and oxygen atoms in total. The molecule has 0 spiro atoms. The van der Waals surface area contributed by atoms with Crippen LogP contribution in [0.5, 0.6) is 5.75 Å². The third-order valence-electron chi connectivity index (χ3n) is 4.22. The van der Waals surface area contributed by atoms with Crippen LogP contribution in [-0.4, -0.2) is 33.0 Å². The fraction of sp³-hybridized carbons (Fsp3) is 0.316. The molecule has 2 aromatic rings. The van der Waals surface area contributed by atoms with E-state index in [4.69, 9.17) is 0 Å². The predicted molar refractivity (Wildman–Crippen MR) is 99.0 cm³/mol. The molecule has 1 aliphatic heterocycles. The van der Waals surface area contributed by atoms with E-state index in [0.717, 1.165) is 25.9 Å². The van der Waals surface area contributed by atoms with E-state index < -0.39 is 11.4 Å². The molecule has 0 aromatic heterocycles. The van der Waals surface area contributed by atoms with Gasteiger partial charge in [0.25, 0.3) is 5.91 Å². The maximum atomic E-state index is 12.8. The van der Waals surface area contributed by atoms with Crippen molar-refractivity contribution in [2.75, 3.05) is 18.4 Å². The number of benzene rings is 2. The van der Waals surface area contributed by atoms with Crippen LogP contribution in [0.3, 0.4) is 0 Å². The van der Waals surface area contributed by atoms with E-state index >= 15 is 0 Å². The number of nitrogens with one attached hydrogen (secondary N) is 1. The topological polar surface area (TPSA) is 75.6 Å². The molecule has 6 heteroatoms. The smallest absolute Gasteiger partial charge is 0.255 e. The first-order chi connectivity index (χ1) is 12.1. The van der Waals surface area contributed by atoms with Crippen molar-refractivity contribution in [1.82, 2.24) is 4.31 Å². The standard InChI is InChI=1S/C19H22N2O3S/c22-17-10-8-16(9-11-17)20-19(23)15-6-5-7-18(14-15)25(24)21-12-3-1-2-4-13-21/h5-11,14,22H,1-4,12-13H2,(H,20,23). The van der Waals surface area contributed by atoms with Gasteiger partial charge >= 0.3 is 0 Å². The van der Waals surface area contributed by atoms with Gasteiger partial charge in [0.1, 0.15) is 5.75 Å². The molecule has 0 saturated carbocycles. The van der Waals surface area contributed by atoms with Gasteiger partial charge in [-0.1, -0.05) is 18.9 Å². The van der Waals surface area contributed by atoms with E-state index in [1.807, 2.05) is 4.31 Å². The molecule has 1 unspecified atom stereocenters. The number of carbonyl (C=O) groups excluding carboxylic acids is 1. The van der Waals surface area contributed by atoms with E-state index in [0.29, 0.717) is 16.1 Å². The fourth-order valence-electron chi connectivity index (χ4n) is 2.85. The summed E-state index contributed by atoms with van der Waals surface area (Å²) in [5.41, 5.74) is 1.07. The minimum atomic E-state index is -1.24. The Morgan fingerprint density at radius 3 is 2.40 bits per heavy atom. The van der Waals surface area contributed by atoms with E-state index in [1.54, 1.807) is 36.4 Å².